The lowest BCUT2D eigenvalue weighted by atomic mass is 9.99. The molecule has 0 aromatic heterocycles. The van der Waals surface area contributed by atoms with Gasteiger partial charge < -0.3 is 0 Å². The number of allylic oxidation sites excluding steroid dienone is 1. The zero-order valence-electron chi connectivity index (χ0n) is 28.4. The van der Waals surface area contributed by atoms with Crippen LogP contribution in [0.1, 0.15) is 213 Å². The summed E-state index contributed by atoms with van der Waals surface area (Å²) in [4.78, 5) is 0. The van der Waals surface area contributed by atoms with Crippen molar-refractivity contribution in [3.05, 3.63) is 12.2 Å². The Morgan fingerprint density at radius 3 is 1.14 bits per heavy atom. The van der Waals surface area contributed by atoms with Crippen molar-refractivity contribution in [1.29, 1.82) is 0 Å². The third-order valence-electron chi connectivity index (χ3n) is 8.74. The molecule has 0 heterocycles. The Bertz CT molecular complexity index is 646. The maximum Gasteiger partial charge on any atom is 0.397 e. The molecule has 252 valence electrons. The Morgan fingerprint density at radius 2 is 0.810 bits per heavy atom. The van der Waals surface area contributed by atoms with Crippen molar-refractivity contribution in [2.75, 3.05) is 6.61 Å². The molecule has 5 heteroatoms. The Morgan fingerprint density at radius 1 is 0.500 bits per heavy atom. The summed E-state index contributed by atoms with van der Waals surface area (Å²) >= 11 is 0. The van der Waals surface area contributed by atoms with Crippen LogP contribution in [0.2, 0.25) is 0 Å². The Labute approximate surface area is 264 Å². The van der Waals surface area contributed by atoms with Crippen LogP contribution in [0.3, 0.4) is 0 Å². The van der Waals surface area contributed by atoms with Crippen LogP contribution in [0.15, 0.2) is 12.2 Å². The molecule has 0 aliphatic heterocycles. The van der Waals surface area contributed by atoms with E-state index in [1.165, 1.54) is 180 Å². The summed E-state index contributed by atoms with van der Waals surface area (Å²) in [6.07, 6.45) is 45.6. The van der Waals surface area contributed by atoms with E-state index in [2.05, 4.69) is 26.0 Å². The summed E-state index contributed by atoms with van der Waals surface area (Å²) in [6.45, 7) is 4.60. The average molecular weight is 615 g/mol. The van der Waals surface area contributed by atoms with Gasteiger partial charge in [0.15, 0.2) is 0 Å². The summed E-state index contributed by atoms with van der Waals surface area (Å²) in [5.74, 6) is 0.0563. The summed E-state index contributed by atoms with van der Waals surface area (Å²) in [5, 5.41) is 0. The molecule has 0 aromatic carbocycles. The number of rotatable bonds is 35. The average Bonchev–Trinajstić information content (AvgIpc) is 2.96. The summed E-state index contributed by atoms with van der Waals surface area (Å²) in [6, 6.07) is 0. The van der Waals surface area contributed by atoms with Crippen molar-refractivity contribution in [2.45, 2.75) is 213 Å². The van der Waals surface area contributed by atoms with Crippen LogP contribution in [0.25, 0.3) is 0 Å². The second-order valence-corrected chi connectivity index (χ2v) is 14.1. The van der Waals surface area contributed by atoms with Crippen molar-refractivity contribution in [1.82, 2.24) is 0 Å². The van der Waals surface area contributed by atoms with Gasteiger partial charge in [-0.15, -0.1) is 0 Å². The van der Waals surface area contributed by atoms with Gasteiger partial charge >= 0.3 is 10.4 Å². The van der Waals surface area contributed by atoms with E-state index in [9.17, 15) is 8.42 Å². The molecule has 0 bridgehead atoms. The fraction of sp³-hybridized carbons (Fsp3) is 0.946. The van der Waals surface area contributed by atoms with Crippen LogP contribution < -0.4 is 0 Å². The Kier molecular flexibility index (Phi) is 33.2. The first-order valence-corrected chi connectivity index (χ1v) is 20.1. The Balaban J connectivity index is 3.71. The normalized spacial score (nSPS) is 12.9. The molecule has 0 saturated carbocycles. The minimum absolute atomic E-state index is 0.0480. The topological polar surface area (TPSA) is 63.6 Å². The minimum atomic E-state index is -4.37. The van der Waals surface area contributed by atoms with Crippen LogP contribution >= 0.6 is 0 Å². The van der Waals surface area contributed by atoms with E-state index in [1.54, 1.807) is 0 Å². The lowest BCUT2D eigenvalue weighted by Crippen LogP contribution is -2.12. The predicted octanol–water partition coefficient (Wildman–Crippen LogP) is 13.1. The number of hydrogen-bond donors (Lipinski definition) is 1. The first-order valence-electron chi connectivity index (χ1n) is 18.8. The largest absolute Gasteiger partial charge is 0.397 e. The molecule has 0 rings (SSSR count). The molecule has 0 spiro atoms. The first-order chi connectivity index (χ1) is 20.5. The molecule has 1 unspecified atom stereocenters. The second-order valence-electron chi connectivity index (χ2n) is 13.0. The first kappa shape index (κ1) is 41.6. The lowest BCUT2D eigenvalue weighted by Gasteiger charge is -2.12. The molecule has 0 aliphatic rings. The third kappa shape index (κ3) is 35.8. The van der Waals surface area contributed by atoms with Gasteiger partial charge in [0.2, 0.25) is 0 Å². The Hall–Kier alpha value is -0.390. The van der Waals surface area contributed by atoms with Gasteiger partial charge in [-0.1, -0.05) is 206 Å². The SMILES string of the molecule is CCCCCCCCCCCCCCCCCCC/C=C/C(CCCCCCCCCCCCCC)COS(=O)(=O)O. The molecular weight excluding hydrogens is 540 g/mol. The van der Waals surface area contributed by atoms with E-state index in [1.807, 2.05) is 0 Å². The maximum absolute atomic E-state index is 11.1. The molecule has 0 fully saturated rings. The quantitative estimate of drug-likeness (QED) is 0.0438. The van der Waals surface area contributed by atoms with E-state index in [0.717, 1.165) is 19.3 Å². The fourth-order valence-corrected chi connectivity index (χ4v) is 6.28. The van der Waals surface area contributed by atoms with Gasteiger partial charge in [0.05, 0.1) is 6.61 Å². The van der Waals surface area contributed by atoms with Crippen LogP contribution in [0.4, 0.5) is 0 Å². The van der Waals surface area contributed by atoms with Crippen LogP contribution in [0.5, 0.6) is 0 Å². The van der Waals surface area contributed by atoms with Crippen molar-refractivity contribution < 1.29 is 17.2 Å². The van der Waals surface area contributed by atoms with Crippen molar-refractivity contribution in [3.63, 3.8) is 0 Å². The van der Waals surface area contributed by atoms with E-state index < -0.39 is 10.4 Å². The smallest absolute Gasteiger partial charge is 0.264 e. The van der Waals surface area contributed by atoms with Gasteiger partial charge in [-0.25, -0.2) is 4.18 Å². The van der Waals surface area contributed by atoms with Crippen molar-refractivity contribution in [3.8, 4) is 0 Å². The minimum Gasteiger partial charge on any atom is -0.264 e. The molecule has 0 saturated heterocycles. The van der Waals surface area contributed by atoms with Gasteiger partial charge in [0, 0.05) is 5.92 Å². The van der Waals surface area contributed by atoms with Gasteiger partial charge in [0.25, 0.3) is 0 Å². The standard InChI is InChI=1S/C37H74O4S/c1-3-5-7-9-11-13-15-17-18-19-20-21-22-23-25-27-29-31-33-35-37(36-41-42(38,39)40)34-32-30-28-26-24-16-14-12-10-8-6-4-2/h33,35,37H,3-32,34,36H2,1-2H3,(H,38,39,40)/b35-33+. The highest BCUT2D eigenvalue weighted by atomic mass is 32.3. The second kappa shape index (κ2) is 33.5. The van der Waals surface area contributed by atoms with Gasteiger partial charge in [-0.2, -0.15) is 8.42 Å². The van der Waals surface area contributed by atoms with E-state index in [-0.39, 0.29) is 12.5 Å². The summed E-state index contributed by atoms with van der Waals surface area (Å²) in [5.41, 5.74) is 0. The number of hydrogen-bond acceptors (Lipinski definition) is 3. The molecule has 0 aliphatic carbocycles. The van der Waals surface area contributed by atoms with Gasteiger partial charge in [-0.05, 0) is 19.3 Å². The molecule has 1 atom stereocenters. The predicted molar refractivity (Wildman–Crippen MR) is 185 cm³/mol. The van der Waals surface area contributed by atoms with Crippen LogP contribution in [0, 0.1) is 5.92 Å². The van der Waals surface area contributed by atoms with Crippen LogP contribution in [-0.2, 0) is 14.6 Å². The monoisotopic (exact) mass is 615 g/mol. The molecule has 0 aromatic rings. The molecule has 0 radical (unpaired) electrons. The van der Waals surface area contributed by atoms with Crippen molar-refractivity contribution in [2.24, 2.45) is 5.92 Å². The van der Waals surface area contributed by atoms with E-state index in [0.29, 0.717) is 0 Å². The van der Waals surface area contributed by atoms with E-state index in [4.69, 9.17) is 8.74 Å². The fourth-order valence-electron chi connectivity index (χ4n) is 5.93. The molecule has 42 heavy (non-hydrogen) atoms. The maximum atomic E-state index is 11.1. The highest BCUT2D eigenvalue weighted by Gasteiger charge is 2.11. The zero-order chi connectivity index (χ0) is 30.8. The number of unbranched alkanes of at least 4 members (excludes halogenated alkanes) is 28. The summed E-state index contributed by atoms with van der Waals surface area (Å²) < 4.78 is 35.9. The lowest BCUT2D eigenvalue weighted by molar-refractivity contribution is 0.234. The molecule has 4 nitrogen and oxygen atoms in total. The highest BCUT2D eigenvalue weighted by Crippen LogP contribution is 2.18. The van der Waals surface area contributed by atoms with Gasteiger partial charge in [-0.3, -0.25) is 4.55 Å². The third-order valence-corrected chi connectivity index (χ3v) is 9.18. The summed E-state index contributed by atoms with van der Waals surface area (Å²) in [7, 11) is -4.37. The molecule has 0 amide bonds. The molecule has 1 N–H and O–H groups in total. The van der Waals surface area contributed by atoms with Crippen LogP contribution in [-0.4, -0.2) is 19.6 Å². The zero-order valence-corrected chi connectivity index (χ0v) is 29.3. The highest BCUT2D eigenvalue weighted by molar-refractivity contribution is 7.80. The van der Waals surface area contributed by atoms with Gasteiger partial charge in [0.1, 0.15) is 0 Å². The van der Waals surface area contributed by atoms with Crippen molar-refractivity contribution >= 4 is 10.4 Å². The molecular formula is C37H74O4S. The van der Waals surface area contributed by atoms with E-state index >= 15 is 0 Å².